The Kier molecular flexibility index (Phi) is 6.76. The molecule has 22 heavy (non-hydrogen) atoms. The topological polar surface area (TPSA) is 113 Å². The number of sulfonamides is 1. The van der Waals surface area contributed by atoms with Gasteiger partial charge in [0.25, 0.3) is 0 Å². The molecule has 128 valence electrons. The molecule has 0 aromatic carbocycles. The number of nitrogens with zero attached hydrogens (tertiary/aromatic N) is 1. The predicted molar refractivity (Wildman–Crippen MR) is 79.8 cm³/mol. The maximum atomic E-state index is 12.1. The van der Waals surface area contributed by atoms with E-state index in [1.54, 1.807) is 7.11 Å². The first-order valence-corrected chi connectivity index (χ1v) is 9.04. The molecule has 1 aliphatic rings. The molecule has 0 bridgehead atoms. The van der Waals surface area contributed by atoms with E-state index in [0.29, 0.717) is 38.8 Å². The minimum Gasteiger partial charge on any atom is -0.481 e. The van der Waals surface area contributed by atoms with Crippen LogP contribution in [0.2, 0.25) is 0 Å². The van der Waals surface area contributed by atoms with Gasteiger partial charge in [-0.05, 0) is 25.7 Å². The summed E-state index contributed by atoms with van der Waals surface area (Å²) in [6.45, 7) is 0.686. The highest BCUT2D eigenvalue weighted by atomic mass is 32.2. The van der Waals surface area contributed by atoms with Crippen LogP contribution in [0.15, 0.2) is 0 Å². The number of carbonyl (C=O) groups is 2. The number of amides is 1. The van der Waals surface area contributed by atoms with Gasteiger partial charge in [0, 0.05) is 26.8 Å². The standard InChI is InChI=1S/C13H24N2O6S/c1-21-8-4-6-13(12(17)18)5-3-7-15(10-13)11(16)9-14-22(2,19)20/h14H,3-10H2,1-2H3,(H,17,18)/t13-/m1/s1. The Balaban J connectivity index is 2.70. The third-order valence-corrected chi connectivity index (χ3v) is 4.54. The van der Waals surface area contributed by atoms with Gasteiger partial charge in [0.2, 0.25) is 15.9 Å². The summed E-state index contributed by atoms with van der Waals surface area (Å²) in [6, 6.07) is 0. The fraction of sp³-hybridized carbons (Fsp3) is 0.846. The highest BCUT2D eigenvalue weighted by Crippen LogP contribution is 2.35. The Morgan fingerprint density at radius 1 is 1.41 bits per heavy atom. The number of carboxylic acid groups (broad SMARTS) is 1. The van der Waals surface area contributed by atoms with Gasteiger partial charge in [-0.3, -0.25) is 9.59 Å². The van der Waals surface area contributed by atoms with Gasteiger partial charge in [-0.15, -0.1) is 0 Å². The predicted octanol–water partition coefficient (Wildman–Crippen LogP) is -0.344. The number of carboxylic acids is 1. The lowest BCUT2D eigenvalue weighted by Crippen LogP contribution is -2.52. The second-order valence-corrected chi connectivity index (χ2v) is 7.53. The number of aliphatic carboxylic acids is 1. The molecule has 0 aromatic rings. The molecule has 0 unspecified atom stereocenters. The van der Waals surface area contributed by atoms with Crippen molar-refractivity contribution >= 4 is 21.9 Å². The molecule has 0 aliphatic carbocycles. The molecule has 0 saturated carbocycles. The van der Waals surface area contributed by atoms with Crippen molar-refractivity contribution in [2.24, 2.45) is 5.41 Å². The molecule has 1 saturated heterocycles. The zero-order valence-electron chi connectivity index (χ0n) is 13.0. The zero-order chi connectivity index (χ0) is 16.8. The molecule has 2 N–H and O–H groups in total. The van der Waals surface area contributed by atoms with Crippen LogP contribution in [-0.2, 0) is 24.3 Å². The second-order valence-electron chi connectivity index (χ2n) is 5.69. The lowest BCUT2D eigenvalue weighted by molar-refractivity contribution is -0.155. The first kappa shape index (κ1) is 18.9. The first-order chi connectivity index (χ1) is 10.2. The average molecular weight is 336 g/mol. The van der Waals surface area contributed by atoms with Gasteiger partial charge in [-0.1, -0.05) is 0 Å². The molecule has 0 spiro atoms. The van der Waals surface area contributed by atoms with Crippen LogP contribution in [0.25, 0.3) is 0 Å². The third kappa shape index (κ3) is 5.54. The van der Waals surface area contributed by atoms with Crippen molar-refractivity contribution < 1.29 is 27.9 Å². The van der Waals surface area contributed by atoms with Crippen LogP contribution in [0.4, 0.5) is 0 Å². The van der Waals surface area contributed by atoms with E-state index >= 15 is 0 Å². The number of ether oxygens (including phenoxy) is 1. The summed E-state index contributed by atoms with van der Waals surface area (Å²) in [5.41, 5.74) is -0.975. The summed E-state index contributed by atoms with van der Waals surface area (Å²) in [5, 5.41) is 9.56. The van der Waals surface area contributed by atoms with Gasteiger partial charge in [0.05, 0.1) is 18.2 Å². The number of likely N-dealkylation sites (tertiary alicyclic amines) is 1. The van der Waals surface area contributed by atoms with Crippen molar-refractivity contribution in [1.82, 2.24) is 9.62 Å². The maximum Gasteiger partial charge on any atom is 0.311 e. The van der Waals surface area contributed by atoms with E-state index in [0.717, 1.165) is 6.26 Å². The lowest BCUT2D eigenvalue weighted by Gasteiger charge is -2.40. The monoisotopic (exact) mass is 336 g/mol. The largest absolute Gasteiger partial charge is 0.481 e. The second kappa shape index (κ2) is 7.89. The summed E-state index contributed by atoms with van der Waals surface area (Å²) in [7, 11) is -1.89. The van der Waals surface area contributed by atoms with E-state index in [1.165, 1.54) is 4.90 Å². The van der Waals surface area contributed by atoms with Gasteiger partial charge in [0.1, 0.15) is 0 Å². The van der Waals surface area contributed by atoms with Crippen LogP contribution in [0.3, 0.4) is 0 Å². The fourth-order valence-electron chi connectivity index (χ4n) is 2.69. The highest BCUT2D eigenvalue weighted by molar-refractivity contribution is 7.88. The van der Waals surface area contributed by atoms with Gasteiger partial charge >= 0.3 is 5.97 Å². The third-order valence-electron chi connectivity index (χ3n) is 3.87. The Labute approximate surface area is 130 Å². The van der Waals surface area contributed by atoms with E-state index in [2.05, 4.69) is 4.72 Å². The Hall–Kier alpha value is -1.19. The highest BCUT2D eigenvalue weighted by Gasteiger charge is 2.43. The van der Waals surface area contributed by atoms with Crippen molar-refractivity contribution in [2.75, 3.05) is 39.6 Å². The van der Waals surface area contributed by atoms with Crippen molar-refractivity contribution in [2.45, 2.75) is 25.7 Å². The number of nitrogens with one attached hydrogen (secondary N) is 1. The summed E-state index contributed by atoms with van der Waals surface area (Å²) in [6.07, 6.45) is 3.11. The van der Waals surface area contributed by atoms with Crippen LogP contribution in [0, 0.1) is 5.41 Å². The molecule has 8 nitrogen and oxygen atoms in total. The first-order valence-electron chi connectivity index (χ1n) is 7.15. The summed E-state index contributed by atoms with van der Waals surface area (Å²) in [5.74, 6) is -1.32. The van der Waals surface area contributed by atoms with Crippen LogP contribution in [0.1, 0.15) is 25.7 Å². The SMILES string of the molecule is COCCC[C@]1(C(=O)O)CCCN(C(=O)CNS(C)(=O)=O)C1. The number of methoxy groups -OCH3 is 1. The molecule has 1 rings (SSSR count). The number of rotatable bonds is 8. The molecule has 9 heteroatoms. The minimum absolute atomic E-state index is 0.107. The van der Waals surface area contributed by atoms with E-state index < -0.39 is 27.3 Å². The van der Waals surface area contributed by atoms with Crippen molar-refractivity contribution in [3.63, 3.8) is 0 Å². The van der Waals surface area contributed by atoms with Crippen molar-refractivity contribution in [3.8, 4) is 0 Å². The minimum atomic E-state index is -3.45. The summed E-state index contributed by atoms with van der Waals surface area (Å²) >= 11 is 0. The molecule has 1 fully saturated rings. The normalized spacial score (nSPS) is 22.5. The Morgan fingerprint density at radius 2 is 2.09 bits per heavy atom. The Bertz CT molecular complexity index is 507. The zero-order valence-corrected chi connectivity index (χ0v) is 13.8. The molecule has 1 amide bonds. The molecule has 1 heterocycles. The summed E-state index contributed by atoms with van der Waals surface area (Å²) < 4.78 is 29.2. The molecular weight excluding hydrogens is 312 g/mol. The van der Waals surface area contributed by atoms with Gasteiger partial charge < -0.3 is 14.7 Å². The van der Waals surface area contributed by atoms with Gasteiger partial charge in [-0.25, -0.2) is 13.1 Å². The molecule has 1 aliphatic heterocycles. The number of piperidine rings is 1. The van der Waals surface area contributed by atoms with Crippen molar-refractivity contribution in [3.05, 3.63) is 0 Å². The van der Waals surface area contributed by atoms with Gasteiger partial charge in [-0.2, -0.15) is 0 Å². The molecular formula is C13H24N2O6S. The van der Waals surface area contributed by atoms with E-state index in [1.807, 2.05) is 0 Å². The average Bonchev–Trinajstić information content (AvgIpc) is 2.44. The maximum absolute atomic E-state index is 12.1. The van der Waals surface area contributed by atoms with Crippen LogP contribution in [0.5, 0.6) is 0 Å². The van der Waals surface area contributed by atoms with Crippen LogP contribution < -0.4 is 4.72 Å². The smallest absolute Gasteiger partial charge is 0.311 e. The molecule has 1 atom stereocenters. The number of hydrogen-bond acceptors (Lipinski definition) is 5. The van der Waals surface area contributed by atoms with Gasteiger partial charge in [0.15, 0.2) is 0 Å². The fourth-order valence-corrected chi connectivity index (χ4v) is 3.08. The van der Waals surface area contributed by atoms with Crippen LogP contribution >= 0.6 is 0 Å². The van der Waals surface area contributed by atoms with Crippen LogP contribution in [-0.4, -0.2) is 69.9 Å². The lowest BCUT2D eigenvalue weighted by atomic mass is 9.76. The van der Waals surface area contributed by atoms with E-state index in [9.17, 15) is 23.1 Å². The number of carbonyl (C=O) groups excluding carboxylic acids is 1. The quantitative estimate of drug-likeness (QED) is 0.586. The van der Waals surface area contributed by atoms with E-state index in [-0.39, 0.29) is 13.1 Å². The molecule has 0 radical (unpaired) electrons. The molecule has 0 aromatic heterocycles. The van der Waals surface area contributed by atoms with Crippen molar-refractivity contribution in [1.29, 1.82) is 0 Å². The Morgan fingerprint density at radius 3 is 2.64 bits per heavy atom. The number of hydrogen-bond donors (Lipinski definition) is 2. The summed E-state index contributed by atoms with van der Waals surface area (Å²) in [4.78, 5) is 25.2. The van der Waals surface area contributed by atoms with E-state index in [4.69, 9.17) is 4.74 Å².